The van der Waals surface area contributed by atoms with Gasteiger partial charge in [0.2, 0.25) is 0 Å². The van der Waals surface area contributed by atoms with E-state index in [2.05, 4.69) is 10.6 Å². The van der Waals surface area contributed by atoms with Crippen molar-refractivity contribution in [1.29, 1.82) is 0 Å². The van der Waals surface area contributed by atoms with Crippen molar-refractivity contribution in [2.75, 3.05) is 5.32 Å². The third kappa shape index (κ3) is 4.75. The van der Waals surface area contributed by atoms with Gasteiger partial charge in [0.1, 0.15) is 12.3 Å². The summed E-state index contributed by atoms with van der Waals surface area (Å²) in [6.45, 7) is 4.02. The van der Waals surface area contributed by atoms with Gasteiger partial charge in [-0.1, -0.05) is 30.3 Å². The van der Waals surface area contributed by atoms with Gasteiger partial charge < -0.3 is 15.4 Å². The summed E-state index contributed by atoms with van der Waals surface area (Å²) in [5.74, 6) is 0. The van der Waals surface area contributed by atoms with Gasteiger partial charge in [-0.25, -0.2) is 4.79 Å². The molecule has 0 aliphatic heterocycles. The SMILES string of the molecule is Cc1cc(NC2CC(NC(=O)OCc3ccccc3)C2)c([N+](=O)[O-])cc1C. The van der Waals surface area contributed by atoms with Crippen molar-refractivity contribution in [3.8, 4) is 0 Å². The van der Waals surface area contributed by atoms with Gasteiger partial charge >= 0.3 is 6.09 Å². The van der Waals surface area contributed by atoms with Crippen molar-refractivity contribution in [3.63, 3.8) is 0 Å². The van der Waals surface area contributed by atoms with Crippen LogP contribution in [0.25, 0.3) is 0 Å². The van der Waals surface area contributed by atoms with E-state index in [0.717, 1.165) is 16.7 Å². The Labute approximate surface area is 157 Å². The van der Waals surface area contributed by atoms with Gasteiger partial charge in [0.15, 0.2) is 0 Å². The van der Waals surface area contributed by atoms with E-state index in [-0.39, 0.29) is 29.3 Å². The zero-order valence-corrected chi connectivity index (χ0v) is 15.4. The highest BCUT2D eigenvalue weighted by Gasteiger charge is 2.32. The lowest BCUT2D eigenvalue weighted by Gasteiger charge is -2.36. The van der Waals surface area contributed by atoms with Crippen LogP contribution in [0.4, 0.5) is 16.2 Å². The summed E-state index contributed by atoms with van der Waals surface area (Å²) >= 11 is 0. The maximum atomic E-state index is 11.9. The van der Waals surface area contributed by atoms with E-state index in [1.807, 2.05) is 50.2 Å². The Morgan fingerprint density at radius 2 is 1.81 bits per heavy atom. The fourth-order valence-electron chi connectivity index (χ4n) is 3.07. The predicted octanol–water partition coefficient (Wildman–Crippen LogP) is 4.08. The van der Waals surface area contributed by atoms with Crippen LogP contribution in [0, 0.1) is 24.0 Å². The standard InChI is InChI=1S/C20H23N3O4/c1-13-8-18(19(23(25)26)9-14(13)2)21-16-10-17(11-16)22-20(24)27-12-15-6-4-3-5-7-15/h3-9,16-17,21H,10-12H2,1-2H3,(H,22,24). The summed E-state index contributed by atoms with van der Waals surface area (Å²) in [7, 11) is 0. The maximum absolute atomic E-state index is 11.9. The number of nitrogens with zero attached hydrogens (tertiary/aromatic N) is 1. The molecule has 0 saturated heterocycles. The van der Waals surface area contributed by atoms with Gasteiger partial charge in [-0.3, -0.25) is 10.1 Å². The van der Waals surface area contributed by atoms with Crippen LogP contribution in [0.1, 0.15) is 29.5 Å². The number of hydrogen-bond acceptors (Lipinski definition) is 5. The number of nitro benzene ring substituents is 1. The van der Waals surface area contributed by atoms with Crippen LogP contribution in [0.5, 0.6) is 0 Å². The molecule has 0 aromatic heterocycles. The number of rotatable bonds is 6. The van der Waals surface area contributed by atoms with E-state index in [0.29, 0.717) is 18.5 Å². The lowest BCUT2D eigenvalue weighted by molar-refractivity contribution is -0.384. The highest BCUT2D eigenvalue weighted by atomic mass is 16.6. The molecule has 0 unspecified atom stereocenters. The van der Waals surface area contributed by atoms with Crippen LogP contribution in [-0.4, -0.2) is 23.1 Å². The first kappa shape index (κ1) is 18.7. The Bertz CT molecular complexity index is 833. The average molecular weight is 369 g/mol. The summed E-state index contributed by atoms with van der Waals surface area (Å²) in [6.07, 6.45) is 0.953. The molecule has 0 spiro atoms. The second-order valence-corrected chi connectivity index (χ2v) is 6.93. The molecule has 0 bridgehead atoms. The van der Waals surface area contributed by atoms with E-state index in [1.165, 1.54) is 0 Å². The van der Waals surface area contributed by atoms with Crippen LogP contribution in [0.2, 0.25) is 0 Å². The summed E-state index contributed by atoms with van der Waals surface area (Å²) in [4.78, 5) is 22.8. The molecule has 1 aliphatic carbocycles. The minimum atomic E-state index is -0.445. The lowest BCUT2D eigenvalue weighted by atomic mass is 9.86. The van der Waals surface area contributed by atoms with Crippen molar-refractivity contribution in [3.05, 3.63) is 69.3 Å². The van der Waals surface area contributed by atoms with Crippen LogP contribution in [-0.2, 0) is 11.3 Å². The number of benzene rings is 2. The molecule has 1 aliphatic rings. The van der Waals surface area contributed by atoms with Crippen LogP contribution in [0.15, 0.2) is 42.5 Å². The highest BCUT2D eigenvalue weighted by molar-refractivity contribution is 5.68. The van der Waals surface area contributed by atoms with Crippen molar-refractivity contribution in [1.82, 2.24) is 5.32 Å². The molecule has 2 aromatic carbocycles. The van der Waals surface area contributed by atoms with Gasteiger partial charge in [-0.2, -0.15) is 0 Å². The highest BCUT2D eigenvalue weighted by Crippen LogP contribution is 2.32. The molecular formula is C20H23N3O4. The van der Waals surface area contributed by atoms with Gasteiger partial charge in [0.25, 0.3) is 5.69 Å². The molecule has 1 saturated carbocycles. The lowest BCUT2D eigenvalue weighted by Crippen LogP contribution is -2.49. The van der Waals surface area contributed by atoms with E-state index in [9.17, 15) is 14.9 Å². The second kappa shape index (κ2) is 8.07. The Balaban J connectivity index is 1.47. The summed E-state index contributed by atoms with van der Waals surface area (Å²) in [5, 5.41) is 17.3. The average Bonchev–Trinajstić information content (AvgIpc) is 2.61. The monoisotopic (exact) mass is 369 g/mol. The number of aryl methyl sites for hydroxylation is 2. The zero-order valence-electron chi connectivity index (χ0n) is 15.4. The number of amides is 1. The van der Waals surface area contributed by atoms with Crippen molar-refractivity contribution >= 4 is 17.5 Å². The quantitative estimate of drug-likeness (QED) is 0.591. The number of carbonyl (C=O) groups is 1. The molecule has 27 heavy (non-hydrogen) atoms. The molecule has 0 radical (unpaired) electrons. The van der Waals surface area contributed by atoms with E-state index >= 15 is 0 Å². The smallest absolute Gasteiger partial charge is 0.407 e. The molecule has 1 amide bonds. The van der Waals surface area contributed by atoms with E-state index in [4.69, 9.17) is 4.74 Å². The van der Waals surface area contributed by atoms with Gasteiger partial charge in [-0.15, -0.1) is 0 Å². The van der Waals surface area contributed by atoms with Crippen molar-refractivity contribution in [2.24, 2.45) is 0 Å². The third-order valence-electron chi connectivity index (χ3n) is 4.84. The van der Waals surface area contributed by atoms with Crippen LogP contribution >= 0.6 is 0 Å². The topological polar surface area (TPSA) is 93.5 Å². The number of alkyl carbamates (subject to hydrolysis) is 1. The Morgan fingerprint density at radius 1 is 1.15 bits per heavy atom. The summed E-state index contributed by atoms with van der Waals surface area (Å²) < 4.78 is 5.21. The minimum absolute atomic E-state index is 0.0105. The largest absolute Gasteiger partial charge is 0.445 e. The fraction of sp³-hybridized carbons (Fsp3) is 0.350. The van der Waals surface area contributed by atoms with Crippen molar-refractivity contribution in [2.45, 2.75) is 45.4 Å². The molecule has 7 nitrogen and oxygen atoms in total. The molecular weight excluding hydrogens is 346 g/mol. The van der Waals surface area contributed by atoms with Crippen LogP contribution < -0.4 is 10.6 Å². The summed E-state index contributed by atoms with van der Waals surface area (Å²) in [6, 6.07) is 13.0. The predicted molar refractivity (Wildman–Crippen MR) is 103 cm³/mol. The normalized spacial score (nSPS) is 18.3. The van der Waals surface area contributed by atoms with E-state index < -0.39 is 6.09 Å². The molecule has 142 valence electrons. The van der Waals surface area contributed by atoms with Gasteiger partial charge in [0, 0.05) is 18.2 Å². The zero-order chi connectivity index (χ0) is 19.4. The molecule has 7 heteroatoms. The molecule has 2 aromatic rings. The van der Waals surface area contributed by atoms with E-state index in [1.54, 1.807) is 6.07 Å². The van der Waals surface area contributed by atoms with Gasteiger partial charge in [0.05, 0.1) is 4.92 Å². The van der Waals surface area contributed by atoms with Crippen molar-refractivity contribution < 1.29 is 14.5 Å². The molecule has 3 rings (SSSR count). The fourth-order valence-corrected chi connectivity index (χ4v) is 3.07. The third-order valence-corrected chi connectivity index (χ3v) is 4.84. The number of nitrogens with one attached hydrogen (secondary N) is 2. The number of nitro groups is 1. The number of ether oxygens (including phenoxy) is 1. The summed E-state index contributed by atoms with van der Waals surface area (Å²) in [5.41, 5.74) is 3.43. The Kier molecular flexibility index (Phi) is 5.59. The molecule has 2 N–H and O–H groups in total. The molecule has 0 heterocycles. The maximum Gasteiger partial charge on any atom is 0.407 e. The Morgan fingerprint density at radius 3 is 2.48 bits per heavy atom. The Hall–Kier alpha value is -3.09. The first-order valence-corrected chi connectivity index (χ1v) is 8.91. The minimum Gasteiger partial charge on any atom is -0.445 e. The first-order chi connectivity index (χ1) is 12.9. The van der Waals surface area contributed by atoms with Gasteiger partial charge in [-0.05, 0) is 49.4 Å². The number of anilines is 1. The number of hydrogen-bond donors (Lipinski definition) is 2. The molecule has 1 fully saturated rings. The molecule has 0 atom stereocenters. The number of carbonyl (C=O) groups excluding carboxylic acids is 1. The second-order valence-electron chi connectivity index (χ2n) is 6.93. The first-order valence-electron chi connectivity index (χ1n) is 8.91. The van der Waals surface area contributed by atoms with Crippen LogP contribution in [0.3, 0.4) is 0 Å².